The van der Waals surface area contributed by atoms with Gasteiger partial charge in [-0.1, -0.05) is 0 Å². The van der Waals surface area contributed by atoms with Gasteiger partial charge in [0.15, 0.2) is 0 Å². The van der Waals surface area contributed by atoms with E-state index in [1.54, 1.807) is 0 Å². The third-order valence-electron chi connectivity index (χ3n) is 1.31. The van der Waals surface area contributed by atoms with E-state index in [2.05, 4.69) is 4.99 Å². The van der Waals surface area contributed by atoms with Crippen LogP contribution in [0.3, 0.4) is 0 Å². The van der Waals surface area contributed by atoms with Crippen LogP contribution < -0.4 is 0 Å². The van der Waals surface area contributed by atoms with Crippen LogP contribution in [0.5, 0.6) is 0 Å². The average Bonchev–Trinajstić information content (AvgIpc) is 1.96. The molecule has 0 bridgehead atoms. The Morgan fingerprint density at radius 1 is 1.67 bits per heavy atom. The summed E-state index contributed by atoms with van der Waals surface area (Å²) in [4.78, 5) is 14.1. The summed E-state index contributed by atoms with van der Waals surface area (Å²) in [5.74, 6) is -0.725. The topological polar surface area (TPSA) is 66.7 Å². The van der Waals surface area contributed by atoms with Crippen LogP contribution in [0.4, 0.5) is 0 Å². The molecule has 0 saturated carbocycles. The molecule has 0 fully saturated rings. The van der Waals surface area contributed by atoms with Gasteiger partial charge in [0.25, 0.3) is 0 Å². The van der Waals surface area contributed by atoms with Crippen molar-refractivity contribution < 1.29 is 14.6 Å². The number of carbonyl (C=O) groups is 1. The molecule has 1 atom stereocenters. The summed E-state index contributed by atoms with van der Waals surface area (Å²) < 4.78 is 9.88. The quantitative estimate of drug-likeness (QED) is 0.483. The molecule has 0 amide bonds. The van der Waals surface area contributed by atoms with Crippen molar-refractivity contribution in [3.63, 3.8) is 0 Å². The molecule has 0 saturated heterocycles. The number of hydrogen-bond acceptors (Lipinski definition) is 3. The zero-order chi connectivity index (χ0) is 9.56. The Labute approximate surface area is 71.9 Å². The Balaban J connectivity index is 4.13. The molecule has 0 heterocycles. The van der Waals surface area contributed by atoms with Gasteiger partial charge in [0.05, 0.1) is 0 Å². The molecule has 0 spiro atoms. The fourth-order valence-electron chi connectivity index (χ4n) is 0.811. The summed E-state index contributed by atoms with van der Waals surface area (Å²) in [5.41, 5.74) is 0. The number of hydrogen-bond donors (Lipinski definition) is 1. The Morgan fingerprint density at radius 3 is 2.58 bits per heavy atom. The minimum absolute atomic E-state index is 0.259. The van der Waals surface area contributed by atoms with Crippen molar-refractivity contribution in [2.75, 3.05) is 0 Å². The summed E-state index contributed by atoms with van der Waals surface area (Å²) in [6.07, 6.45) is 1.45. The molecule has 0 radical (unpaired) electrons. The van der Waals surface area contributed by atoms with E-state index in [0.29, 0.717) is 13.6 Å². The molecule has 0 aromatic rings. The standard InChI is InChI=1S/C7H12BNO3/c1-5(2)3-6(7(10)11)9-4-8-12/h4-6H,3H2,1-2H3,(H,10,11). The molecule has 0 rings (SSSR count). The maximum absolute atomic E-state index is 10.5. The molecule has 1 unspecified atom stereocenters. The van der Waals surface area contributed by atoms with E-state index >= 15 is 0 Å². The molecule has 0 aliphatic carbocycles. The molecule has 5 heteroatoms. The van der Waals surface area contributed by atoms with Gasteiger partial charge in [0, 0.05) is 0 Å². The third-order valence-corrected chi connectivity index (χ3v) is 1.31. The van der Waals surface area contributed by atoms with Gasteiger partial charge in [0.2, 0.25) is 0 Å². The molecule has 1 N–H and O–H groups in total. The van der Waals surface area contributed by atoms with Crippen molar-refractivity contribution in [3.05, 3.63) is 0 Å². The Bertz CT molecular complexity index is 191. The van der Waals surface area contributed by atoms with E-state index in [-0.39, 0.29) is 5.92 Å². The van der Waals surface area contributed by atoms with Crippen LogP contribution in [-0.2, 0) is 9.50 Å². The SMILES string of the molecule is CC(C)CC(N=CB=O)C(=O)O. The number of rotatable bonds is 5. The van der Waals surface area contributed by atoms with Gasteiger partial charge in [0.1, 0.15) is 0 Å². The van der Waals surface area contributed by atoms with E-state index in [0.717, 1.165) is 6.11 Å². The number of aliphatic imine (C=N–C) groups is 1. The number of carboxylic acids is 1. The molecule has 0 aromatic heterocycles. The summed E-state index contributed by atoms with van der Waals surface area (Å²) in [6, 6.07) is -0.782. The zero-order valence-corrected chi connectivity index (χ0v) is 7.23. The van der Waals surface area contributed by atoms with Gasteiger partial charge in [-0.2, -0.15) is 0 Å². The third kappa shape index (κ3) is 4.76. The number of nitrogens with zero attached hydrogens (tertiary/aromatic N) is 1. The fourth-order valence-corrected chi connectivity index (χ4v) is 0.811. The summed E-state index contributed by atoms with van der Waals surface area (Å²) in [5, 5.41) is 8.62. The first kappa shape index (κ1) is 11.0. The Hall–Kier alpha value is -0.995. The summed E-state index contributed by atoms with van der Waals surface area (Å²) in [6.45, 7) is 3.82. The normalized spacial score (nSPS) is 13.2. The van der Waals surface area contributed by atoms with Crippen molar-refractivity contribution in [1.29, 1.82) is 0 Å². The first-order chi connectivity index (χ1) is 5.57. The monoisotopic (exact) mass is 169 g/mol. The van der Waals surface area contributed by atoms with Crippen LogP contribution in [0.2, 0.25) is 0 Å². The number of carboxylic acid groups (broad SMARTS) is 1. The molecule has 0 aliphatic heterocycles. The minimum atomic E-state index is -0.984. The second-order valence-corrected chi connectivity index (χ2v) is 2.92. The maximum atomic E-state index is 10.5. The second-order valence-electron chi connectivity index (χ2n) is 2.92. The van der Waals surface area contributed by atoms with Crippen LogP contribution in [0.1, 0.15) is 20.3 Å². The average molecular weight is 169 g/mol. The van der Waals surface area contributed by atoms with Gasteiger partial charge in [-0.15, -0.1) is 0 Å². The molecule has 0 aliphatic rings. The fraction of sp³-hybridized carbons (Fsp3) is 0.714. The van der Waals surface area contributed by atoms with Gasteiger partial charge in [-0.05, 0) is 0 Å². The van der Waals surface area contributed by atoms with Crippen molar-refractivity contribution in [3.8, 4) is 0 Å². The Morgan fingerprint density at radius 2 is 2.25 bits per heavy atom. The van der Waals surface area contributed by atoms with E-state index in [9.17, 15) is 9.50 Å². The number of aliphatic carboxylic acids is 1. The van der Waals surface area contributed by atoms with Gasteiger partial charge < -0.3 is 0 Å². The Kier molecular flexibility index (Phi) is 5.16. The molecular weight excluding hydrogens is 157 g/mol. The van der Waals surface area contributed by atoms with E-state index in [1.165, 1.54) is 0 Å². The van der Waals surface area contributed by atoms with Crippen molar-refractivity contribution >= 4 is 19.2 Å². The van der Waals surface area contributed by atoms with Gasteiger partial charge >= 0.3 is 71.1 Å². The first-order valence-electron chi connectivity index (χ1n) is 3.77. The van der Waals surface area contributed by atoms with Crippen LogP contribution in [-0.4, -0.2) is 30.4 Å². The molecule has 4 nitrogen and oxygen atoms in total. The van der Waals surface area contributed by atoms with Gasteiger partial charge in [-0.25, -0.2) is 0 Å². The summed E-state index contributed by atoms with van der Waals surface area (Å²) in [7, 11) is 0.482. The molecule has 66 valence electrons. The van der Waals surface area contributed by atoms with E-state index in [4.69, 9.17) is 5.11 Å². The van der Waals surface area contributed by atoms with E-state index in [1.807, 2.05) is 13.8 Å². The van der Waals surface area contributed by atoms with Crippen LogP contribution in [0.15, 0.2) is 4.99 Å². The van der Waals surface area contributed by atoms with E-state index < -0.39 is 12.0 Å². The van der Waals surface area contributed by atoms with Crippen molar-refractivity contribution in [2.45, 2.75) is 26.3 Å². The van der Waals surface area contributed by atoms with Crippen molar-refractivity contribution in [1.82, 2.24) is 0 Å². The predicted octanol–water partition coefficient (Wildman–Crippen LogP) is 0.564. The summed E-state index contributed by atoms with van der Waals surface area (Å²) >= 11 is 0. The first-order valence-corrected chi connectivity index (χ1v) is 3.77. The predicted molar refractivity (Wildman–Crippen MR) is 45.8 cm³/mol. The van der Waals surface area contributed by atoms with Crippen LogP contribution in [0.25, 0.3) is 0 Å². The zero-order valence-electron chi connectivity index (χ0n) is 7.23. The second kappa shape index (κ2) is 5.63. The van der Waals surface area contributed by atoms with Crippen molar-refractivity contribution in [2.24, 2.45) is 10.9 Å². The molecule has 0 aromatic carbocycles. The molecular formula is C7H12BNO3. The van der Waals surface area contributed by atoms with Crippen LogP contribution >= 0.6 is 0 Å². The molecule has 12 heavy (non-hydrogen) atoms. The van der Waals surface area contributed by atoms with Gasteiger partial charge in [-0.3, -0.25) is 0 Å². The van der Waals surface area contributed by atoms with Crippen LogP contribution in [0, 0.1) is 5.92 Å².